The number of aromatic amines is 1. The topological polar surface area (TPSA) is 867 Å². The lowest BCUT2D eigenvalue weighted by Crippen LogP contribution is -2.61. The number of amides is 21. The van der Waals surface area contributed by atoms with Gasteiger partial charge in [-0.2, -0.15) is 0 Å². The predicted molar refractivity (Wildman–Crippen MR) is 485 cm³/mol. The predicted octanol–water partition coefficient (Wildman–Crippen LogP) is -10.3. The number of hydrogen-bond donors (Lipinski definition) is 29. The fourth-order valence-electron chi connectivity index (χ4n) is 13.4. The van der Waals surface area contributed by atoms with E-state index in [2.05, 4.69) is 95.4 Å². The SMILES string of the molecule is CC(C)C[C@H](NC(=O)[C@H](CC(N)=O)NC(=O)CNC(=O)[C@H](C)NC(=O)[C@H](CCC(N)=O)NC(=O)[C@H](CC(=O)O)NC(=O)[C@H](CC(C)C)NC(=O)[C@H](CC(C)C)NC(=O)[C@H](CCC(N)=O)NC(=O)[C@H](CC(C)C)NC(=O)[C@H](Cc1c[nH]c2ccccc12)NC(=O)CNC(=O)[C@@H](NC(=O)[C@H](CCC(=O)O)NC(=O)[C@@H](NC(=O)[C@H](C)NC(=O)CN)C(C)C)[C@@H](C)O)C(=O)N[C@@H](CO)C(=O)N[C@@H](CO)C(=O)O. The maximum atomic E-state index is 14.8. The van der Waals surface area contributed by atoms with Crippen molar-refractivity contribution in [3.05, 3.63) is 36.0 Å². The lowest BCUT2D eigenvalue weighted by Gasteiger charge is -2.29. The first-order chi connectivity index (χ1) is 64.4. The van der Waals surface area contributed by atoms with Crippen LogP contribution < -0.4 is 119 Å². The smallest absolute Gasteiger partial charge is 0.328 e. The Morgan fingerprint density at radius 3 is 1.09 bits per heavy atom. The molecule has 2 rings (SSSR count). The molecule has 1 heterocycles. The molecule has 1 aromatic heterocycles. The van der Waals surface area contributed by atoms with E-state index in [1.807, 2.05) is 5.32 Å². The number of aromatic nitrogens is 1. The van der Waals surface area contributed by atoms with Crippen molar-refractivity contribution >= 4 is 153 Å². The van der Waals surface area contributed by atoms with E-state index in [1.54, 1.807) is 79.7 Å². The molecule has 138 heavy (non-hydrogen) atoms. The number of aliphatic hydroxyl groups is 3. The highest BCUT2D eigenvalue weighted by Crippen LogP contribution is 2.21. The van der Waals surface area contributed by atoms with Gasteiger partial charge in [0, 0.05) is 42.8 Å². The number of nitrogens with two attached hydrogens (primary N) is 4. The summed E-state index contributed by atoms with van der Waals surface area (Å²) in [7, 11) is 0. The van der Waals surface area contributed by atoms with Crippen molar-refractivity contribution in [2.24, 2.45) is 52.5 Å². The summed E-state index contributed by atoms with van der Waals surface area (Å²) in [5.74, 6) is -30.3. The quantitative estimate of drug-likeness (QED) is 0.0292. The third kappa shape index (κ3) is 44.1. The van der Waals surface area contributed by atoms with Crippen LogP contribution in [0.5, 0.6) is 0 Å². The lowest BCUT2D eigenvalue weighted by atomic mass is 9.98. The van der Waals surface area contributed by atoms with Crippen LogP contribution in [0.25, 0.3) is 10.9 Å². The second kappa shape index (κ2) is 59.7. The maximum absolute atomic E-state index is 14.8. The molecule has 21 amide bonds. The number of carbonyl (C=O) groups excluding carboxylic acids is 21. The van der Waals surface area contributed by atoms with Crippen molar-refractivity contribution in [2.45, 2.75) is 276 Å². The van der Waals surface area contributed by atoms with E-state index in [0.717, 1.165) is 13.8 Å². The molecule has 0 spiro atoms. The second-order valence-corrected chi connectivity index (χ2v) is 35.0. The first kappa shape index (κ1) is 120. The Kier molecular flexibility index (Phi) is 51.9. The van der Waals surface area contributed by atoms with Crippen molar-refractivity contribution in [3.63, 3.8) is 0 Å². The van der Waals surface area contributed by atoms with Gasteiger partial charge in [0.15, 0.2) is 0 Å². The number of benzene rings is 1. The standard InChI is InChI=1S/C85H135N23O30/c1-37(2)24-51(102-79(131)55(28-45-32-90-47-17-15-14-16-46(45)47)95-65(117)34-92-83(135)69(44(13)111)108-74(126)50(20-23-66(118)119)99-84(136)68(41(9)10)107-71(123)43(12)93-63(115)31-86)75(127)98-49(19-22-61(88)113)73(125)100-52(25-38(3)4)76(128)101-53(26-39(5)6)77(129)104-57(30-67(120)121)81(133)97-48(18-21-60(87)112)72(124)94-42(11)70(122)91-33-64(116)96-56(29-62(89)114)80(132)103-54(27-40(7)8)78(130)105-58(35-109)82(134)106-59(36-110)85(137)138/h14-17,32,37-44,48-59,68-69,90,109-111H,18-31,33-36,86H2,1-13H3,(H2,87,112)(H2,88,113)(H2,89,114)(H,91,122)(H,92,135)(H,93,115)(H,94,124)(H,95,117)(H,96,116)(H,97,133)(H,98,127)(H,99,136)(H,100,125)(H,101,128)(H,102,131)(H,103,132)(H,104,129)(H,105,130)(H,106,134)(H,107,123)(H,108,126)(H,118,119)(H,120,121)(H,137,138)/t42-,43-,44+,48-,49-,50-,51-,52-,53-,54-,55-,56-,57-,58-,59-,68-,69-/m0/s1. The number of carboxylic acid groups (broad SMARTS) is 3. The molecule has 0 unspecified atom stereocenters. The van der Waals surface area contributed by atoms with E-state index < -0.39 is 353 Å². The van der Waals surface area contributed by atoms with Gasteiger partial charge in [-0.25, -0.2) is 4.79 Å². The van der Waals surface area contributed by atoms with Crippen LogP contribution in [0.1, 0.15) is 173 Å². The van der Waals surface area contributed by atoms with Crippen molar-refractivity contribution in [2.75, 3.05) is 32.8 Å². The Bertz CT molecular complexity index is 4640. The molecule has 0 saturated carbocycles. The summed E-state index contributed by atoms with van der Waals surface area (Å²) in [5, 5.41) is 101. The molecule has 0 aliphatic heterocycles. The number of aliphatic carboxylic acids is 3. The first-order valence-corrected chi connectivity index (χ1v) is 44.5. The molecular formula is C85H135N23O30. The highest BCUT2D eigenvalue weighted by Gasteiger charge is 2.41. The molecular weight excluding hydrogens is 1820 g/mol. The van der Waals surface area contributed by atoms with Gasteiger partial charge in [-0.1, -0.05) is 87.4 Å². The monoisotopic (exact) mass is 1960 g/mol. The number of fused-ring (bicyclic) bond motifs is 1. The average molecular weight is 1960 g/mol. The van der Waals surface area contributed by atoms with Gasteiger partial charge in [0.25, 0.3) is 0 Å². The molecule has 0 aliphatic rings. The summed E-state index contributed by atoms with van der Waals surface area (Å²) in [6.07, 6.45) is -7.17. The fourth-order valence-corrected chi connectivity index (χ4v) is 13.4. The van der Waals surface area contributed by atoms with Crippen LogP contribution in [0.3, 0.4) is 0 Å². The van der Waals surface area contributed by atoms with Crippen LogP contribution in [0.15, 0.2) is 30.5 Å². The largest absolute Gasteiger partial charge is 0.481 e. The van der Waals surface area contributed by atoms with E-state index in [-0.39, 0.29) is 38.0 Å². The number of para-hydroxylation sites is 1. The van der Waals surface area contributed by atoms with Crippen LogP contribution in [-0.4, -0.2) is 313 Å². The summed E-state index contributed by atoms with van der Waals surface area (Å²) >= 11 is 0. The Balaban J connectivity index is 2.48. The van der Waals surface area contributed by atoms with Crippen LogP contribution in [0.4, 0.5) is 0 Å². The van der Waals surface area contributed by atoms with Gasteiger partial charge < -0.3 is 154 Å². The van der Waals surface area contributed by atoms with Crippen LogP contribution >= 0.6 is 0 Å². The fraction of sp³-hybridized carbons (Fsp3) is 0.624. The number of H-pyrrole nitrogens is 1. The van der Waals surface area contributed by atoms with Crippen molar-refractivity contribution in [1.82, 2.24) is 101 Å². The molecule has 0 radical (unpaired) electrons. The molecule has 17 atom stereocenters. The zero-order chi connectivity index (χ0) is 105. The number of rotatable bonds is 64. The highest BCUT2D eigenvalue weighted by atomic mass is 16.4. The van der Waals surface area contributed by atoms with E-state index >= 15 is 0 Å². The molecule has 770 valence electrons. The zero-order valence-corrected chi connectivity index (χ0v) is 79.1. The Morgan fingerprint density at radius 1 is 0.333 bits per heavy atom. The molecule has 53 nitrogen and oxygen atoms in total. The minimum Gasteiger partial charge on any atom is -0.481 e. The Labute approximate surface area is 793 Å². The molecule has 0 fully saturated rings. The molecule has 0 bridgehead atoms. The number of hydrogen-bond acceptors (Lipinski definition) is 28. The number of aliphatic hydroxyl groups excluding tert-OH is 3. The van der Waals surface area contributed by atoms with E-state index in [1.165, 1.54) is 27.0 Å². The van der Waals surface area contributed by atoms with Crippen molar-refractivity contribution < 1.29 is 146 Å². The van der Waals surface area contributed by atoms with E-state index in [4.69, 9.17) is 22.9 Å². The normalized spacial score (nSPS) is 14.9. The van der Waals surface area contributed by atoms with Crippen LogP contribution in [0.2, 0.25) is 0 Å². The van der Waals surface area contributed by atoms with Crippen LogP contribution in [0, 0.1) is 29.6 Å². The number of primary amides is 3. The summed E-state index contributed by atoms with van der Waals surface area (Å²) in [4.78, 5) is 324. The minimum atomic E-state index is -2.11. The van der Waals surface area contributed by atoms with Gasteiger partial charge in [0.05, 0.1) is 51.8 Å². The van der Waals surface area contributed by atoms with Crippen molar-refractivity contribution in [3.8, 4) is 0 Å². The molecule has 33 N–H and O–H groups in total. The highest BCUT2D eigenvalue weighted by molar-refractivity contribution is 6.03. The number of carbonyl (C=O) groups is 24. The first-order valence-electron chi connectivity index (χ1n) is 44.5. The maximum Gasteiger partial charge on any atom is 0.328 e. The molecule has 0 aliphatic carbocycles. The summed E-state index contributed by atoms with van der Waals surface area (Å²) in [6, 6.07) is -20.3. The van der Waals surface area contributed by atoms with Gasteiger partial charge >= 0.3 is 17.9 Å². The number of nitrogens with one attached hydrogen (secondary N) is 19. The van der Waals surface area contributed by atoms with Gasteiger partial charge in [-0.3, -0.25) is 110 Å². The molecule has 53 heteroatoms. The molecule has 0 saturated heterocycles. The van der Waals surface area contributed by atoms with Gasteiger partial charge in [0.2, 0.25) is 124 Å². The zero-order valence-electron chi connectivity index (χ0n) is 79.1. The van der Waals surface area contributed by atoms with Crippen LogP contribution in [-0.2, 0) is 121 Å². The number of carboxylic acids is 3. The van der Waals surface area contributed by atoms with Gasteiger partial charge in [0.1, 0.15) is 96.7 Å². The van der Waals surface area contributed by atoms with Gasteiger partial charge in [-0.05, 0) is 107 Å². The van der Waals surface area contributed by atoms with E-state index in [9.17, 15) is 146 Å². The Hall–Kier alpha value is -14.1. The molecule has 1 aromatic carbocycles. The van der Waals surface area contributed by atoms with E-state index in [0.29, 0.717) is 16.5 Å². The minimum absolute atomic E-state index is 0.173. The summed E-state index contributed by atoms with van der Waals surface area (Å²) < 4.78 is 0. The summed E-state index contributed by atoms with van der Waals surface area (Å²) in [5.41, 5.74) is 22.7. The van der Waals surface area contributed by atoms with Crippen molar-refractivity contribution in [1.29, 1.82) is 0 Å². The molecule has 2 aromatic rings. The lowest BCUT2D eigenvalue weighted by molar-refractivity contribution is -0.144. The average Bonchev–Trinajstić information content (AvgIpc) is 1.68. The van der Waals surface area contributed by atoms with Gasteiger partial charge in [-0.15, -0.1) is 0 Å². The summed E-state index contributed by atoms with van der Waals surface area (Å²) in [6.45, 7) is 15.0. The second-order valence-electron chi connectivity index (χ2n) is 35.0. The third-order valence-electron chi connectivity index (χ3n) is 20.6. The Morgan fingerprint density at radius 2 is 0.681 bits per heavy atom. The third-order valence-corrected chi connectivity index (χ3v) is 20.6.